The molecule has 0 aliphatic heterocycles. The van der Waals surface area contributed by atoms with E-state index in [0.717, 1.165) is 5.39 Å². The molecule has 0 unspecified atom stereocenters. The van der Waals surface area contributed by atoms with E-state index in [1.54, 1.807) is 30.3 Å². The van der Waals surface area contributed by atoms with Crippen molar-refractivity contribution < 1.29 is 8.42 Å². The van der Waals surface area contributed by atoms with Gasteiger partial charge in [0, 0.05) is 5.52 Å². The van der Waals surface area contributed by atoms with Gasteiger partial charge >= 0.3 is 0 Å². The number of nitrogens with zero attached hydrogens (tertiary/aromatic N) is 1. The second-order valence-electron chi connectivity index (χ2n) is 4.81. The molecule has 0 aliphatic carbocycles. The van der Waals surface area contributed by atoms with Gasteiger partial charge in [-0.05, 0) is 29.7 Å². The second-order valence-corrected chi connectivity index (χ2v) is 6.47. The highest BCUT2D eigenvalue weighted by Gasteiger charge is 2.11. The number of rotatable bonds is 4. The Labute approximate surface area is 132 Å². The van der Waals surface area contributed by atoms with Gasteiger partial charge in [-0.3, -0.25) is 4.79 Å². The lowest BCUT2D eigenvalue weighted by molar-refractivity contribution is 0.584. The summed E-state index contributed by atoms with van der Waals surface area (Å²) in [5.74, 6) is 0. The molecule has 0 spiro atoms. The molecule has 0 bridgehead atoms. The Balaban J connectivity index is 1.86. The number of nitrogens with one attached hydrogen (secondary N) is 2. The van der Waals surface area contributed by atoms with Crippen LogP contribution in [0, 0.1) is 0 Å². The van der Waals surface area contributed by atoms with E-state index >= 15 is 0 Å². The lowest BCUT2D eigenvalue weighted by Crippen LogP contribution is -2.19. The molecule has 3 aromatic rings. The van der Waals surface area contributed by atoms with Crippen molar-refractivity contribution in [1.29, 1.82) is 0 Å². The van der Waals surface area contributed by atoms with Crippen molar-refractivity contribution in [2.45, 2.75) is 4.90 Å². The first kappa shape index (κ1) is 15.0. The molecule has 23 heavy (non-hydrogen) atoms. The fourth-order valence-electron chi connectivity index (χ4n) is 2.08. The molecule has 2 N–H and O–H groups in total. The molecule has 2 aromatic carbocycles. The Hall–Kier alpha value is -2.93. The number of hydrogen-bond donors (Lipinski definition) is 2. The minimum absolute atomic E-state index is 0.101. The summed E-state index contributed by atoms with van der Waals surface area (Å²) >= 11 is 0. The summed E-state index contributed by atoms with van der Waals surface area (Å²) in [5.41, 5.74) is 0.630. The van der Waals surface area contributed by atoms with Crippen molar-refractivity contribution in [3.8, 4) is 0 Å². The first-order valence-electron chi connectivity index (χ1n) is 6.78. The quantitative estimate of drug-likeness (QED) is 0.566. The molecular weight excluding hydrogens is 314 g/mol. The molecule has 0 saturated heterocycles. The number of aromatic amines is 1. The highest BCUT2D eigenvalue weighted by atomic mass is 32.2. The van der Waals surface area contributed by atoms with Gasteiger partial charge in [0.1, 0.15) is 0 Å². The molecular formula is C16H13N3O3S. The number of H-pyrrole nitrogens is 1. The fraction of sp³-hybridized carbons (Fsp3) is 0. The minimum Gasteiger partial charge on any atom is -0.321 e. The Morgan fingerprint density at radius 3 is 2.48 bits per heavy atom. The third-order valence-electron chi connectivity index (χ3n) is 3.21. The third-order valence-corrected chi connectivity index (χ3v) is 4.45. The van der Waals surface area contributed by atoms with Crippen LogP contribution < -0.4 is 10.4 Å². The van der Waals surface area contributed by atoms with E-state index in [1.165, 1.54) is 18.3 Å². The van der Waals surface area contributed by atoms with Crippen LogP contribution in [0.3, 0.4) is 0 Å². The first-order valence-corrected chi connectivity index (χ1v) is 8.26. The third kappa shape index (κ3) is 3.29. The zero-order valence-electron chi connectivity index (χ0n) is 11.9. The van der Waals surface area contributed by atoms with Crippen LogP contribution in [-0.4, -0.2) is 19.6 Å². The van der Waals surface area contributed by atoms with Gasteiger partial charge in [-0.15, -0.1) is 0 Å². The number of para-hydroxylation sites is 1. The summed E-state index contributed by atoms with van der Waals surface area (Å²) in [7, 11) is -3.75. The van der Waals surface area contributed by atoms with E-state index in [1.807, 2.05) is 18.2 Å². The van der Waals surface area contributed by atoms with E-state index in [9.17, 15) is 13.2 Å². The Bertz CT molecular complexity index is 1030. The topological polar surface area (TPSA) is 91.4 Å². The van der Waals surface area contributed by atoms with E-state index in [2.05, 4.69) is 14.9 Å². The molecule has 0 saturated carbocycles. The number of hydrogen-bond acceptors (Lipinski definition) is 4. The lowest BCUT2D eigenvalue weighted by atomic mass is 10.2. The van der Waals surface area contributed by atoms with Gasteiger partial charge in [0.15, 0.2) is 0 Å². The smallest absolute Gasteiger partial charge is 0.276 e. The molecule has 0 amide bonds. The molecule has 7 heteroatoms. The normalized spacial score (nSPS) is 11.8. The Morgan fingerprint density at radius 1 is 1.00 bits per heavy atom. The maximum Gasteiger partial charge on any atom is 0.276 e. The number of hydrazone groups is 1. The summed E-state index contributed by atoms with van der Waals surface area (Å²) in [6.45, 7) is 0. The van der Waals surface area contributed by atoms with Gasteiger partial charge in [-0.1, -0.05) is 36.4 Å². The van der Waals surface area contributed by atoms with Crippen molar-refractivity contribution in [3.63, 3.8) is 0 Å². The summed E-state index contributed by atoms with van der Waals surface area (Å²) in [6, 6.07) is 16.8. The second kappa shape index (κ2) is 6.05. The van der Waals surface area contributed by atoms with Crippen LogP contribution in [0.1, 0.15) is 5.56 Å². The summed E-state index contributed by atoms with van der Waals surface area (Å²) < 4.78 is 24.0. The minimum atomic E-state index is -3.75. The van der Waals surface area contributed by atoms with Gasteiger partial charge in [-0.2, -0.15) is 13.5 Å². The Kier molecular flexibility index (Phi) is 3.94. The summed E-state index contributed by atoms with van der Waals surface area (Å²) in [6.07, 6.45) is 1.19. The van der Waals surface area contributed by atoms with Gasteiger partial charge in [-0.25, -0.2) is 4.83 Å². The summed E-state index contributed by atoms with van der Waals surface area (Å²) in [5, 5.41) is 4.51. The van der Waals surface area contributed by atoms with Crippen molar-refractivity contribution >= 4 is 27.1 Å². The standard InChI is InChI=1S/C16H13N3O3S/c20-16-13(10-12-6-4-5-9-15(12)18-16)11-17-19-23(21,22)14-7-2-1-3-8-14/h1-11,19H,(H,18,20)/b17-11+. The van der Waals surface area contributed by atoms with Crippen molar-refractivity contribution in [2.75, 3.05) is 0 Å². The van der Waals surface area contributed by atoms with Crippen LogP contribution in [0.4, 0.5) is 0 Å². The molecule has 0 radical (unpaired) electrons. The van der Waals surface area contributed by atoms with Crippen molar-refractivity contribution in [1.82, 2.24) is 9.82 Å². The highest BCUT2D eigenvalue weighted by Crippen LogP contribution is 2.09. The van der Waals surface area contributed by atoms with Gasteiger partial charge in [0.2, 0.25) is 0 Å². The largest absolute Gasteiger partial charge is 0.321 e. The van der Waals surface area contributed by atoms with Crippen LogP contribution in [0.5, 0.6) is 0 Å². The maximum absolute atomic E-state index is 12.0. The van der Waals surface area contributed by atoms with E-state index < -0.39 is 10.0 Å². The van der Waals surface area contributed by atoms with Crippen LogP contribution in [0.15, 0.2) is 75.5 Å². The number of aromatic nitrogens is 1. The number of pyridine rings is 1. The average molecular weight is 327 g/mol. The first-order chi connectivity index (χ1) is 11.1. The number of fused-ring (bicyclic) bond motifs is 1. The Morgan fingerprint density at radius 2 is 1.70 bits per heavy atom. The van der Waals surface area contributed by atoms with Crippen LogP contribution in [0.25, 0.3) is 10.9 Å². The van der Waals surface area contributed by atoms with Gasteiger partial charge in [0.25, 0.3) is 15.6 Å². The molecule has 1 aromatic heterocycles. The van der Waals surface area contributed by atoms with E-state index in [4.69, 9.17) is 0 Å². The number of benzene rings is 2. The van der Waals surface area contributed by atoms with Crippen LogP contribution in [0.2, 0.25) is 0 Å². The molecule has 0 fully saturated rings. The highest BCUT2D eigenvalue weighted by molar-refractivity contribution is 7.89. The van der Waals surface area contributed by atoms with E-state index in [0.29, 0.717) is 5.52 Å². The lowest BCUT2D eigenvalue weighted by Gasteiger charge is -2.02. The summed E-state index contributed by atoms with van der Waals surface area (Å²) in [4.78, 5) is 16.8. The molecule has 1 heterocycles. The molecule has 0 aliphatic rings. The van der Waals surface area contributed by atoms with Crippen LogP contribution >= 0.6 is 0 Å². The van der Waals surface area contributed by atoms with Crippen LogP contribution in [-0.2, 0) is 10.0 Å². The maximum atomic E-state index is 12.0. The predicted molar refractivity (Wildman–Crippen MR) is 88.9 cm³/mol. The molecule has 6 nitrogen and oxygen atoms in total. The van der Waals surface area contributed by atoms with Crippen molar-refractivity contribution in [2.24, 2.45) is 5.10 Å². The average Bonchev–Trinajstić information content (AvgIpc) is 2.56. The van der Waals surface area contributed by atoms with Gasteiger partial charge < -0.3 is 4.98 Å². The predicted octanol–water partition coefficient (Wildman–Crippen LogP) is 1.84. The number of sulfonamides is 1. The zero-order valence-corrected chi connectivity index (χ0v) is 12.7. The van der Waals surface area contributed by atoms with Crippen molar-refractivity contribution in [3.05, 3.63) is 76.6 Å². The zero-order chi connectivity index (χ0) is 16.3. The molecule has 116 valence electrons. The molecule has 0 atom stereocenters. The molecule has 3 rings (SSSR count). The SMILES string of the molecule is O=c1[nH]c2ccccc2cc1/C=N/NS(=O)(=O)c1ccccc1. The monoisotopic (exact) mass is 327 g/mol. The van der Waals surface area contributed by atoms with E-state index in [-0.39, 0.29) is 16.0 Å². The fourth-order valence-corrected chi connectivity index (χ4v) is 2.89. The van der Waals surface area contributed by atoms with Gasteiger partial charge in [0.05, 0.1) is 16.7 Å².